The predicted octanol–water partition coefficient (Wildman–Crippen LogP) is 1.68. The number of alkyl halides is 3. The van der Waals surface area contributed by atoms with Gasteiger partial charge in [0.25, 0.3) is 0 Å². The van der Waals surface area contributed by atoms with Gasteiger partial charge in [0.15, 0.2) is 0 Å². The molecule has 0 aromatic carbocycles. The molecule has 0 rings (SSSR count). The van der Waals surface area contributed by atoms with Gasteiger partial charge in [0, 0.05) is 10.8 Å². The molecule has 5 heteroatoms. The van der Waals surface area contributed by atoms with Crippen molar-refractivity contribution in [2.24, 2.45) is 0 Å². The Bertz CT molecular complexity index is 85.4. The molecule has 0 bridgehead atoms. The number of hydrogen-bond donors (Lipinski definition) is 1. The van der Waals surface area contributed by atoms with Gasteiger partial charge in [-0.05, 0) is 5.87 Å². The first-order valence-electron chi connectivity index (χ1n) is 1.24. The van der Waals surface area contributed by atoms with Crippen LogP contribution in [0.1, 0.15) is 0 Å². The predicted molar refractivity (Wildman–Crippen MR) is 23.4 cm³/mol. The van der Waals surface area contributed by atoms with Crippen LogP contribution in [0.5, 0.6) is 0 Å². The highest BCUT2D eigenvalue weighted by molar-refractivity contribution is 8.09. The maximum Gasteiger partial charge on any atom is 0.459 e. The Morgan fingerprint density at radius 2 is 1.57 bits per heavy atom. The summed E-state index contributed by atoms with van der Waals surface area (Å²) < 4.78 is 40.3. The summed E-state index contributed by atoms with van der Waals surface area (Å²) in [6.07, 6.45) is 0. The van der Waals surface area contributed by atoms with Crippen molar-refractivity contribution in [3.63, 3.8) is 0 Å². The van der Waals surface area contributed by atoms with E-state index in [1.807, 2.05) is 0 Å². The largest absolute Gasteiger partial charge is 0.459 e. The van der Waals surface area contributed by atoms with Crippen molar-refractivity contribution < 1.29 is 17.7 Å². The highest BCUT2D eigenvalue weighted by Crippen LogP contribution is 2.31. The second kappa shape index (κ2) is 1.83. The maximum absolute atomic E-state index is 10.9. The van der Waals surface area contributed by atoms with Gasteiger partial charge in [0.05, 0.1) is 0 Å². The van der Waals surface area contributed by atoms with Crippen molar-refractivity contribution in [1.82, 2.24) is 0 Å². The van der Waals surface area contributed by atoms with Crippen molar-refractivity contribution in [2.75, 3.05) is 0 Å². The van der Waals surface area contributed by atoms with Gasteiger partial charge in [-0.15, -0.1) is 0 Å². The molecule has 0 aromatic heterocycles. The zero-order valence-electron chi connectivity index (χ0n) is 3.20. The van der Waals surface area contributed by atoms with Crippen molar-refractivity contribution in [1.29, 1.82) is 0 Å². The van der Waals surface area contributed by atoms with Crippen LogP contribution >= 0.6 is 10.8 Å². The Morgan fingerprint density at radius 1 is 1.43 bits per heavy atom. The molecule has 0 amide bonds. The van der Waals surface area contributed by atoms with Crippen LogP contribution in [0, 0.1) is 0 Å². The van der Waals surface area contributed by atoms with E-state index in [2.05, 4.69) is 5.87 Å². The fourth-order valence-electron chi connectivity index (χ4n) is 0. The summed E-state index contributed by atoms with van der Waals surface area (Å²) >= 11 is 0. The van der Waals surface area contributed by atoms with Gasteiger partial charge in [-0.1, -0.05) is 0 Å². The molecule has 7 heavy (non-hydrogen) atoms. The van der Waals surface area contributed by atoms with Crippen molar-refractivity contribution in [3.05, 3.63) is 0 Å². The van der Waals surface area contributed by atoms with E-state index in [9.17, 15) is 13.2 Å². The number of halogens is 3. The summed E-state index contributed by atoms with van der Waals surface area (Å²) in [5.41, 5.74) is -4.53. The zero-order valence-corrected chi connectivity index (χ0v) is 4.01. The first kappa shape index (κ1) is 6.97. The van der Waals surface area contributed by atoms with E-state index in [0.29, 0.717) is 0 Å². The monoisotopic (exact) mass is 132 g/mol. The van der Waals surface area contributed by atoms with E-state index < -0.39 is 16.3 Å². The highest BCUT2D eigenvalue weighted by Gasteiger charge is 2.29. The average Bonchev–Trinajstić information content (AvgIpc) is 1.31. The van der Waals surface area contributed by atoms with Gasteiger partial charge in [0.2, 0.25) is 0 Å². The van der Waals surface area contributed by atoms with Crippen LogP contribution in [-0.4, -0.2) is 15.9 Å². The van der Waals surface area contributed by atoms with Crippen LogP contribution < -0.4 is 0 Å². The Morgan fingerprint density at radius 3 is 1.57 bits per heavy atom. The standard InChI is InChI=1S/C2H3F3OS/c1-7(6)2(3,4)5/h6H,1H2. The SMILES string of the molecule is C=S(O)C(F)(F)F. The van der Waals surface area contributed by atoms with Crippen LogP contribution in [0.25, 0.3) is 0 Å². The maximum atomic E-state index is 10.9. The Labute approximate surface area is 40.9 Å². The van der Waals surface area contributed by atoms with Gasteiger partial charge in [0.1, 0.15) is 0 Å². The normalized spacial score (nSPS) is 16.6. The summed E-state index contributed by atoms with van der Waals surface area (Å²) in [6.45, 7) is 0. The molecule has 0 spiro atoms. The highest BCUT2D eigenvalue weighted by atomic mass is 32.2. The summed E-state index contributed by atoms with van der Waals surface area (Å²) in [5, 5.41) is 0. The minimum Gasteiger partial charge on any atom is -0.330 e. The third-order valence-corrected chi connectivity index (χ3v) is 0.802. The summed E-state index contributed by atoms with van der Waals surface area (Å²) in [6, 6.07) is 0. The minimum absolute atomic E-state index is 2.37. The summed E-state index contributed by atoms with van der Waals surface area (Å²) in [4.78, 5) is 0. The third kappa shape index (κ3) is 2.64. The topological polar surface area (TPSA) is 20.2 Å². The molecule has 0 aliphatic rings. The summed E-state index contributed by atoms with van der Waals surface area (Å²) in [7, 11) is -2.68. The van der Waals surface area contributed by atoms with Crippen LogP contribution in [0.15, 0.2) is 0 Å². The lowest BCUT2D eigenvalue weighted by Crippen LogP contribution is -2.00. The molecule has 1 atom stereocenters. The molecular formula is C2H3F3OS. The molecule has 0 aliphatic heterocycles. The molecule has 0 aliphatic carbocycles. The van der Waals surface area contributed by atoms with Gasteiger partial charge in [-0.25, -0.2) is 0 Å². The molecular weight excluding hydrogens is 129 g/mol. The van der Waals surface area contributed by atoms with E-state index in [1.165, 1.54) is 0 Å². The van der Waals surface area contributed by atoms with Crippen molar-refractivity contribution >= 4 is 16.6 Å². The Kier molecular flexibility index (Phi) is 1.82. The van der Waals surface area contributed by atoms with E-state index in [4.69, 9.17) is 4.55 Å². The lowest BCUT2D eigenvalue weighted by molar-refractivity contribution is -0.0383. The van der Waals surface area contributed by atoms with E-state index >= 15 is 0 Å². The molecule has 0 aromatic rings. The average molecular weight is 132 g/mol. The van der Waals surface area contributed by atoms with Gasteiger partial charge >= 0.3 is 5.51 Å². The number of rotatable bonds is 0. The van der Waals surface area contributed by atoms with Crippen molar-refractivity contribution in [3.8, 4) is 0 Å². The molecule has 1 unspecified atom stereocenters. The first-order valence-corrected chi connectivity index (χ1v) is 2.59. The second-order valence-corrected chi connectivity index (χ2v) is 2.00. The van der Waals surface area contributed by atoms with E-state index in [1.54, 1.807) is 0 Å². The van der Waals surface area contributed by atoms with Gasteiger partial charge in [-0.2, -0.15) is 13.2 Å². The molecule has 0 saturated heterocycles. The molecule has 44 valence electrons. The lowest BCUT2D eigenvalue weighted by atomic mass is 11.6. The zero-order chi connectivity index (χ0) is 6.08. The van der Waals surface area contributed by atoms with E-state index in [0.717, 1.165) is 0 Å². The van der Waals surface area contributed by atoms with Crippen molar-refractivity contribution in [2.45, 2.75) is 5.51 Å². The summed E-state index contributed by atoms with van der Waals surface area (Å²) in [5.74, 6) is 2.37. The minimum atomic E-state index is -4.53. The molecule has 0 saturated carbocycles. The van der Waals surface area contributed by atoms with Crippen LogP contribution in [0.2, 0.25) is 0 Å². The molecule has 0 radical (unpaired) electrons. The lowest BCUT2D eigenvalue weighted by Gasteiger charge is -2.00. The van der Waals surface area contributed by atoms with Crippen LogP contribution in [0.3, 0.4) is 0 Å². The number of hydrogen-bond acceptors (Lipinski definition) is 1. The Balaban J connectivity index is 3.79. The Hall–Kier alpha value is -0.0300. The van der Waals surface area contributed by atoms with Crippen LogP contribution in [-0.2, 0) is 0 Å². The second-order valence-electron chi connectivity index (χ2n) is 0.810. The quantitative estimate of drug-likeness (QED) is 0.497. The van der Waals surface area contributed by atoms with E-state index in [-0.39, 0.29) is 0 Å². The fraction of sp³-hybridized carbons (Fsp3) is 0.500. The molecule has 0 heterocycles. The fourth-order valence-corrected chi connectivity index (χ4v) is 0. The molecule has 1 N–H and O–H groups in total. The molecule has 1 nitrogen and oxygen atoms in total. The third-order valence-electron chi connectivity index (χ3n) is 0.267. The first-order chi connectivity index (χ1) is 2.94. The van der Waals surface area contributed by atoms with Crippen LogP contribution in [0.4, 0.5) is 13.2 Å². The van der Waals surface area contributed by atoms with Gasteiger partial charge < -0.3 is 4.55 Å². The van der Waals surface area contributed by atoms with Gasteiger partial charge in [-0.3, -0.25) is 0 Å². The smallest absolute Gasteiger partial charge is 0.330 e. The molecule has 0 fully saturated rings.